The van der Waals surface area contributed by atoms with Crippen LogP contribution in [0.5, 0.6) is 0 Å². The molecule has 0 atom stereocenters. The van der Waals surface area contributed by atoms with E-state index in [0.717, 1.165) is 25.2 Å². The minimum absolute atomic E-state index is 0.286. The van der Waals surface area contributed by atoms with Gasteiger partial charge in [0.05, 0.1) is 17.8 Å². The molecule has 2 rings (SSSR count). The van der Waals surface area contributed by atoms with Crippen molar-refractivity contribution in [3.8, 4) is 0 Å². The Morgan fingerprint density at radius 3 is 2.47 bits per heavy atom. The molecule has 2 aliphatic heterocycles. The van der Waals surface area contributed by atoms with Crippen molar-refractivity contribution < 1.29 is 14.0 Å². The maximum absolute atomic E-state index is 6.06. The van der Waals surface area contributed by atoms with Crippen LogP contribution in [0.3, 0.4) is 0 Å². The largest absolute Gasteiger partial charge is 0.496 e. The predicted molar refractivity (Wildman–Crippen MR) is 76.8 cm³/mol. The Morgan fingerprint density at radius 2 is 1.89 bits per heavy atom. The van der Waals surface area contributed by atoms with E-state index in [-0.39, 0.29) is 18.3 Å². The molecule has 0 unspecified atom stereocenters. The predicted octanol–water partition coefficient (Wildman–Crippen LogP) is 2.02. The highest BCUT2D eigenvalue weighted by Crippen LogP contribution is 2.39. The molecule has 0 N–H and O–H groups in total. The Bertz CT molecular complexity index is 374. The lowest BCUT2D eigenvalue weighted by Crippen LogP contribution is -2.41. The first-order valence-corrected chi connectivity index (χ1v) is 6.82. The van der Waals surface area contributed by atoms with E-state index < -0.39 is 0 Å². The molecule has 106 valence electrons. The van der Waals surface area contributed by atoms with Gasteiger partial charge in [0.2, 0.25) is 0 Å². The van der Waals surface area contributed by atoms with Crippen LogP contribution in [-0.4, -0.2) is 50.0 Å². The van der Waals surface area contributed by atoms with Gasteiger partial charge in [-0.05, 0) is 39.4 Å². The summed E-state index contributed by atoms with van der Waals surface area (Å²) in [5.74, 6) is 0. The molecule has 1 saturated heterocycles. The number of methoxy groups -OCH3 is 1. The highest BCUT2D eigenvalue weighted by atomic mass is 16.7. The van der Waals surface area contributed by atoms with Gasteiger partial charge in [-0.2, -0.15) is 0 Å². The molecule has 0 radical (unpaired) electrons. The molecule has 2 aliphatic rings. The van der Waals surface area contributed by atoms with Gasteiger partial charge in [-0.15, -0.1) is 0 Å². The molecule has 0 saturated carbocycles. The molecule has 0 aromatic rings. The summed E-state index contributed by atoms with van der Waals surface area (Å²) in [5.41, 5.74) is 0.489. The number of hydrogen-bond donors (Lipinski definition) is 0. The first-order chi connectivity index (χ1) is 8.86. The van der Waals surface area contributed by atoms with Gasteiger partial charge in [0, 0.05) is 20.2 Å². The molecule has 1 fully saturated rings. The van der Waals surface area contributed by atoms with Crippen LogP contribution in [0, 0.1) is 0 Å². The highest BCUT2D eigenvalue weighted by Gasteiger charge is 2.52. The lowest BCUT2D eigenvalue weighted by Gasteiger charge is -2.32. The Morgan fingerprint density at radius 1 is 1.26 bits per heavy atom. The lowest BCUT2D eigenvalue weighted by molar-refractivity contribution is 0.00578. The molecule has 19 heavy (non-hydrogen) atoms. The number of rotatable bonds is 4. The van der Waals surface area contributed by atoms with Crippen molar-refractivity contribution in [3.63, 3.8) is 0 Å². The zero-order valence-electron chi connectivity index (χ0n) is 12.6. The van der Waals surface area contributed by atoms with Gasteiger partial charge in [0.15, 0.2) is 0 Å². The first-order valence-electron chi connectivity index (χ1n) is 6.82. The van der Waals surface area contributed by atoms with Crippen LogP contribution in [0.4, 0.5) is 0 Å². The summed E-state index contributed by atoms with van der Waals surface area (Å²) in [7, 11) is 1.44. The molecule has 0 amide bonds. The summed E-state index contributed by atoms with van der Waals surface area (Å²) in [5, 5.41) is 0. The molecule has 0 bridgehead atoms. The Balaban J connectivity index is 2.06. The molecule has 2 heterocycles. The fourth-order valence-electron chi connectivity index (χ4n) is 2.11. The van der Waals surface area contributed by atoms with E-state index in [1.54, 1.807) is 7.11 Å². The quantitative estimate of drug-likeness (QED) is 0.728. The standard InChI is InChI=1S/C14H24BNO3/c1-13(2)14(3,4)19-15(18-13)12-7-6-8-16(11-12)9-10-17-5/h6-7,11H,8-10H2,1-5H3. The second-order valence-corrected chi connectivity index (χ2v) is 6.11. The van der Waals surface area contributed by atoms with E-state index in [2.05, 4.69) is 50.9 Å². The molecule has 0 aliphatic carbocycles. The fraction of sp³-hybridized carbons (Fsp3) is 0.714. The van der Waals surface area contributed by atoms with Gasteiger partial charge in [-0.25, -0.2) is 0 Å². The second-order valence-electron chi connectivity index (χ2n) is 6.11. The van der Waals surface area contributed by atoms with E-state index in [1.807, 2.05) is 0 Å². The topological polar surface area (TPSA) is 30.9 Å². The number of allylic oxidation sites excluding steroid dienone is 2. The van der Waals surface area contributed by atoms with Crippen LogP contribution >= 0.6 is 0 Å². The third-order valence-electron chi connectivity index (χ3n) is 4.09. The minimum atomic E-state index is -0.291. The SMILES string of the molecule is COCCN1C=C(B2OC(C)(C)C(C)(C)O2)C=CC1. The van der Waals surface area contributed by atoms with Crippen LogP contribution in [-0.2, 0) is 14.0 Å². The third-order valence-corrected chi connectivity index (χ3v) is 4.09. The Labute approximate surface area is 116 Å². The van der Waals surface area contributed by atoms with E-state index in [9.17, 15) is 0 Å². The van der Waals surface area contributed by atoms with Gasteiger partial charge in [0.25, 0.3) is 0 Å². The first kappa shape index (κ1) is 14.6. The van der Waals surface area contributed by atoms with Crippen LogP contribution < -0.4 is 0 Å². The minimum Gasteiger partial charge on any atom is -0.399 e. The molecular weight excluding hydrogens is 241 g/mol. The lowest BCUT2D eigenvalue weighted by atomic mass is 9.77. The Hall–Kier alpha value is -0.775. The summed E-state index contributed by atoms with van der Waals surface area (Å²) < 4.78 is 17.2. The molecule has 0 aromatic carbocycles. The monoisotopic (exact) mass is 265 g/mol. The summed E-state index contributed by atoms with van der Waals surface area (Å²) in [6, 6.07) is 0. The van der Waals surface area contributed by atoms with Crippen molar-refractivity contribution in [2.24, 2.45) is 0 Å². The van der Waals surface area contributed by atoms with Crippen molar-refractivity contribution in [2.75, 3.05) is 26.8 Å². The van der Waals surface area contributed by atoms with Crippen LogP contribution in [0.1, 0.15) is 27.7 Å². The van der Waals surface area contributed by atoms with Crippen molar-refractivity contribution >= 4 is 7.12 Å². The maximum Gasteiger partial charge on any atom is 0.496 e. The van der Waals surface area contributed by atoms with Crippen molar-refractivity contribution in [3.05, 3.63) is 23.8 Å². The van der Waals surface area contributed by atoms with Crippen LogP contribution in [0.15, 0.2) is 23.8 Å². The summed E-state index contributed by atoms with van der Waals surface area (Å²) in [6.45, 7) is 10.8. The zero-order chi connectivity index (χ0) is 14.1. The highest BCUT2D eigenvalue weighted by molar-refractivity contribution is 6.55. The van der Waals surface area contributed by atoms with E-state index >= 15 is 0 Å². The normalized spacial score (nSPS) is 24.8. The number of hydrogen-bond acceptors (Lipinski definition) is 4. The van der Waals surface area contributed by atoms with Gasteiger partial charge >= 0.3 is 7.12 Å². The van der Waals surface area contributed by atoms with Crippen LogP contribution in [0.25, 0.3) is 0 Å². The average molecular weight is 265 g/mol. The Kier molecular flexibility index (Phi) is 4.09. The van der Waals surface area contributed by atoms with E-state index in [4.69, 9.17) is 14.0 Å². The van der Waals surface area contributed by atoms with Gasteiger partial charge in [-0.1, -0.05) is 12.2 Å². The van der Waals surface area contributed by atoms with Crippen LogP contribution in [0.2, 0.25) is 0 Å². The van der Waals surface area contributed by atoms with Crippen molar-refractivity contribution in [2.45, 2.75) is 38.9 Å². The van der Waals surface area contributed by atoms with E-state index in [1.165, 1.54) is 0 Å². The zero-order valence-corrected chi connectivity index (χ0v) is 12.6. The fourth-order valence-corrected chi connectivity index (χ4v) is 2.11. The molecular formula is C14H24BNO3. The molecule has 4 nitrogen and oxygen atoms in total. The van der Waals surface area contributed by atoms with Crippen molar-refractivity contribution in [1.29, 1.82) is 0 Å². The summed E-state index contributed by atoms with van der Waals surface area (Å²) in [4.78, 5) is 2.21. The van der Waals surface area contributed by atoms with Crippen molar-refractivity contribution in [1.82, 2.24) is 4.90 Å². The molecule has 5 heteroatoms. The number of ether oxygens (including phenoxy) is 1. The van der Waals surface area contributed by atoms with E-state index in [0.29, 0.717) is 0 Å². The summed E-state index contributed by atoms with van der Waals surface area (Å²) in [6.07, 6.45) is 6.34. The smallest absolute Gasteiger partial charge is 0.399 e. The molecule has 0 aromatic heterocycles. The molecule has 0 spiro atoms. The second kappa shape index (κ2) is 5.31. The number of nitrogens with zero attached hydrogens (tertiary/aromatic N) is 1. The van der Waals surface area contributed by atoms with Gasteiger partial charge in [0.1, 0.15) is 0 Å². The maximum atomic E-state index is 6.06. The average Bonchev–Trinajstić information content (AvgIpc) is 2.56. The van der Waals surface area contributed by atoms with Gasteiger partial charge < -0.3 is 18.9 Å². The summed E-state index contributed by atoms with van der Waals surface area (Å²) >= 11 is 0. The third kappa shape index (κ3) is 3.04. The van der Waals surface area contributed by atoms with Gasteiger partial charge in [-0.3, -0.25) is 0 Å².